The number of aromatic nitrogens is 5. The molecule has 2 aliphatic rings. The van der Waals surface area contributed by atoms with Crippen LogP contribution in [-0.4, -0.2) is 72.1 Å². The third-order valence-electron chi connectivity index (χ3n) is 7.25. The second-order valence-corrected chi connectivity index (χ2v) is 9.17. The molecule has 9 heteroatoms. The monoisotopic (exact) mass is 457 g/mol. The molecule has 1 N–H and O–H groups in total. The largest absolute Gasteiger partial charge is 0.343 e. The van der Waals surface area contributed by atoms with Crippen LogP contribution in [0.4, 0.5) is 0 Å². The second kappa shape index (κ2) is 8.23. The number of amides is 2. The smallest absolute Gasteiger partial charge is 0.245 e. The summed E-state index contributed by atoms with van der Waals surface area (Å²) in [6.07, 6.45) is 8.36. The molecule has 0 bridgehead atoms. The number of carbonyl (C=O) groups excluding carboxylic acids is 2. The highest BCUT2D eigenvalue weighted by Gasteiger charge is 2.38. The van der Waals surface area contributed by atoms with E-state index in [-0.39, 0.29) is 23.8 Å². The number of aromatic amines is 1. The third-order valence-corrected chi connectivity index (χ3v) is 7.25. The number of fused-ring (bicyclic) bond motifs is 2. The number of H-pyrrole nitrogens is 1. The Morgan fingerprint density at radius 2 is 2.03 bits per heavy atom. The summed E-state index contributed by atoms with van der Waals surface area (Å²) in [7, 11) is 0. The minimum Gasteiger partial charge on any atom is -0.343 e. The maximum Gasteiger partial charge on any atom is 0.245 e. The Bertz CT molecular complexity index is 1390. The van der Waals surface area contributed by atoms with Crippen LogP contribution in [-0.2, 0) is 9.59 Å². The van der Waals surface area contributed by atoms with Crippen LogP contribution in [0, 0.1) is 0 Å². The van der Waals surface area contributed by atoms with E-state index in [1.807, 2.05) is 42.4 Å². The zero-order valence-electron chi connectivity index (χ0n) is 19.1. The zero-order valence-corrected chi connectivity index (χ0v) is 19.1. The van der Waals surface area contributed by atoms with Gasteiger partial charge in [0.1, 0.15) is 11.7 Å². The first kappa shape index (κ1) is 20.8. The molecule has 6 rings (SSSR count). The van der Waals surface area contributed by atoms with Gasteiger partial charge in [-0.3, -0.25) is 9.59 Å². The number of hydrogen-bond donors (Lipinski definition) is 1. The summed E-state index contributed by atoms with van der Waals surface area (Å²) in [6, 6.07) is 7.79. The fourth-order valence-corrected chi connectivity index (χ4v) is 5.49. The van der Waals surface area contributed by atoms with Crippen LogP contribution in [0.15, 0.2) is 42.9 Å². The third kappa shape index (κ3) is 3.34. The molecule has 2 amide bonds. The maximum atomic E-state index is 13.3. The minimum absolute atomic E-state index is 0.0729. The van der Waals surface area contributed by atoms with Crippen LogP contribution in [0.2, 0.25) is 0 Å². The first-order valence-corrected chi connectivity index (χ1v) is 12.0. The first-order chi connectivity index (χ1) is 16.6. The maximum absolute atomic E-state index is 13.3. The van der Waals surface area contributed by atoms with Crippen LogP contribution in [0.3, 0.4) is 0 Å². The van der Waals surface area contributed by atoms with E-state index in [2.05, 4.69) is 26.2 Å². The molecule has 4 aromatic rings. The van der Waals surface area contributed by atoms with Gasteiger partial charge < -0.3 is 14.8 Å². The molecule has 6 heterocycles. The molecule has 9 nitrogen and oxygen atoms in total. The highest BCUT2D eigenvalue weighted by molar-refractivity contribution is 5.97. The molecule has 2 fully saturated rings. The van der Waals surface area contributed by atoms with Crippen molar-refractivity contribution in [3.8, 4) is 11.1 Å². The van der Waals surface area contributed by atoms with Crippen molar-refractivity contribution in [2.75, 3.05) is 19.6 Å². The van der Waals surface area contributed by atoms with Gasteiger partial charge in [0, 0.05) is 61.0 Å². The van der Waals surface area contributed by atoms with Crippen molar-refractivity contribution < 1.29 is 9.59 Å². The molecule has 0 saturated carbocycles. The van der Waals surface area contributed by atoms with Gasteiger partial charge in [0.15, 0.2) is 0 Å². The number of likely N-dealkylation sites (tertiary alicyclic amines) is 2. The highest BCUT2D eigenvalue weighted by Crippen LogP contribution is 2.35. The molecule has 174 valence electrons. The predicted octanol–water partition coefficient (Wildman–Crippen LogP) is 2.99. The number of nitrogens with one attached hydrogen (secondary N) is 1. The fourth-order valence-electron chi connectivity index (χ4n) is 5.49. The van der Waals surface area contributed by atoms with Gasteiger partial charge in [-0.2, -0.15) is 14.8 Å². The Morgan fingerprint density at radius 1 is 1.12 bits per heavy atom. The van der Waals surface area contributed by atoms with E-state index >= 15 is 0 Å². The standard InChI is InChI=1S/C25H27N7O2/c1-2-23(33)31-11-4-6-22(31)25(34)30-12-8-16(15-30)20-13-18-17(7-10-26-24(18)29-20)19-14-28-32-21(19)5-3-9-27-32/h3,5,7,9-10,13-14,16,22H,2,4,6,8,11-12,15H2,1H3,(H,26,29)/t16?,22-/m1/s1. The number of pyridine rings is 1. The van der Waals surface area contributed by atoms with Gasteiger partial charge in [0.05, 0.1) is 11.7 Å². The molecule has 0 aliphatic carbocycles. The van der Waals surface area contributed by atoms with Crippen molar-refractivity contribution in [2.24, 2.45) is 0 Å². The lowest BCUT2D eigenvalue weighted by Gasteiger charge is -2.27. The van der Waals surface area contributed by atoms with E-state index in [0.717, 1.165) is 52.6 Å². The number of carbonyl (C=O) groups is 2. The predicted molar refractivity (Wildman–Crippen MR) is 127 cm³/mol. The lowest BCUT2D eigenvalue weighted by Crippen LogP contribution is -2.46. The van der Waals surface area contributed by atoms with E-state index in [4.69, 9.17) is 0 Å². The van der Waals surface area contributed by atoms with Crippen LogP contribution in [0.25, 0.3) is 27.7 Å². The second-order valence-electron chi connectivity index (χ2n) is 9.17. The normalized spacial score (nSPS) is 20.6. The van der Waals surface area contributed by atoms with Crippen molar-refractivity contribution >= 4 is 28.4 Å². The molecular formula is C25H27N7O2. The molecule has 4 aromatic heterocycles. The Hall–Kier alpha value is -3.75. The summed E-state index contributed by atoms with van der Waals surface area (Å²) in [4.78, 5) is 37.3. The quantitative estimate of drug-likeness (QED) is 0.508. The number of nitrogens with zero attached hydrogens (tertiary/aromatic N) is 6. The van der Waals surface area contributed by atoms with E-state index < -0.39 is 0 Å². The lowest BCUT2D eigenvalue weighted by molar-refractivity contribution is -0.143. The topological polar surface area (TPSA) is 99.5 Å². The minimum atomic E-state index is -0.300. The summed E-state index contributed by atoms with van der Waals surface area (Å²) >= 11 is 0. The molecule has 1 unspecified atom stereocenters. The van der Waals surface area contributed by atoms with Crippen molar-refractivity contribution in [3.05, 3.63) is 48.5 Å². The number of rotatable bonds is 4. The summed E-state index contributed by atoms with van der Waals surface area (Å²) in [5.74, 6) is 0.382. The van der Waals surface area contributed by atoms with Crippen molar-refractivity contribution in [1.82, 2.24) is 34.6 Å². The zero-order chi connectivity index (χ0) is 23.2. The Kier molecular flexibility index (Phi) is 5.04. The van der Waals surface area contributed by atoms with Gasteiger partial charge >= 0.3 is 0 Å². The van der Waals surface area contributed by atoms with Crippen molar-refractivity contribution in [3.63, 3.8) is 0 Å². The van der Waals surface area contributed by atoms with Gasteiger partial charge in [-0.25, -0.2) is 4.98 Å². The summed E-state index contributed by atoms with van der Waals surface area (Å²) in [5, 5.41) is 9.69. The van der Waals surface area contributed by atoms with Gasteiger partial charge in [0.2, 0.25) is 11.8 Å². The summed E-state index contributed by atoms with van der Waals surface area (Å²) in [6.45, 7) is 3.92. The molecule has 0 aromatic carbocycles. The van der Waals surface area contributed by atoms with Crippen LogP contribution in [0.1, 0.15) is 44.2 Å². The van der Waals surface area contributed by atoms with Crippen molar-refractivity contribution in [2.45, 2.75) is 44.6 Å². The Labute approximate surface area is 196 Å². The van der Waals surface area contributed by atoms with Crippen LogP contribution in [0.5, 0.6) is 0 Å². The highest BCUT2D eigenvalue weighted by atomic mass is 16.2. The van der Waals surface area contributed by atoms with Gasteiger partial charge in [0.25, 0.3) is 0 Å². The van der Waals surface area contributed by atoms with Crippen molar-refractivity contribution in [1.29, 1.82) is 0 Å². The molecule has 34 heavy (non-hydrogen) atoms. The van der Waals surface area contributed by atoms with Gasteiger partial charge in [-0.05, 0) is 49.1 Å². The Morgan fingerprint density at radius 3 is 2.91 bits per heavy atom. The van der Waals surface area contributed by atoms with Gasteiger partial charge in [-0.1, -0.05) is 6.92 Å². The molecule has 0 spiro atoms. The average molecular weight is 458 g/mol. The lowest BCUT2D eigenvalue weighted by atomic mass is 10.0. The van der Waals surface area contributed by atoms with Crippen LogP contribution >= 0.6 is 0 Å². The molecule has 0 radical (unpaired) electrons. The summed E-state index contributed by atoms with van der Waals surface area (Å²) in [5.41, 5.74) is 4.93. The van der Waals surface area contributed by atoms with E-state index in [1.165, 1.54) is 0 Å². The fraction of sp³-hybridized carbons (Fsp3) is 0.400. The Balaban J connectivity index is 1.26. The van der Waals surface area contributed by atoms with Gasteiger partial charge in [-0.15, -0.1) is 0 Å². The van der Waals surface area contributed by atoms with E-state index in [9.17, 15) is 9.59 Å². The first-order valence-electron chi connectivity index (χ1n) is 12.0. The van der Waals surface area contributed by atoms with E-state index in [0.29, 0.717) is 26.1 Å². The SMILES string of the molecule is CCC(=O)N1CCC[C@@H]1C(=O)N1CCC(c2cc3c(-c4cnn5ncccc45)ccnc3[nH]2)C1. The van der Waals surface area contributed by atoms with E-state index in [1.54, 1.807) is 15.7 Å². The molecular weight excluding hydrogens is 430 g/mol. The number of hydrogen-bond acceptors (Lipinski definition) is 5. The summed E-state index contributed by atoms with van der Waals surface area (Å²) < 4.78 is 1.63. The molecule has 2 aliphatic heterocycles. The molecule has 2 atom stereocenters. The average Bonchev–Trinajstić information content (AvgIpc) is 3.67. The van der Waals surface area contributed by atoms with Crippen LogP contribution < -0.4 is 0 Å². The molecule has 2 saturated heterocycles.